The fourth-order valence-corrected chi connectivity index (χ4v) is 5.09. The molecule has 0 saturated heterocycles. The highest BCUT2D eigenvalue weighted by molar-refractivity contribution is 7.91. The van der Waals surface area contributed by atoms with E-state index in [1.807, 2.05) is 103 Å². The minimum absolute atomic E-state index is 0.689. The number of ether oxygens (including phenoxy) is 2. The van der Waals surface area contributed by atoms with Crippen molar-refractivity contribution >= 4 is 21.9 Å². The highest BCUT2D eigenvalue weighted by Crippen LogP contribution is 2.50. The molecule has 1 heterocycles. The molecular formula is C28H18O3S. The predicted octanol–water partition coefficient (Wildman–Crippen LogP) is 7.57. The molecule has 154 valence electrons. The second kappa shape index (κ2) is 7.75. The summed E-state index contributed by atoms with van der Waals surface area (Å²) in [4.78, 5) is 1.57. The van der Waals surface area contributed by atoms with Gasteiger partial charge in [0.2, 0.25) is 0 Å². The number of hydrogen-bond donors (Lipinski definition) is 0. The van der Waals surface area contributed by atoms with Gasteiger partial charge in [-0.05, 0) is 71.1 Å². The van der Waals surface area contributed by atoms with Gasteiger partial charge in [0.25, 0.3) is 0 Å². The molecule has 4 heteroatoms. The van der Waals surface area contributed by atoms with Gasteiger partial charge >= 0.3 is 0 Å². The van der Waals surface area contributed by atoms with Crippen LogP contribution in [0.5, 0.6) is 23.0 Å². The van der Waals surface area contributed by atoms with Crippen LogP contribution in [0.3, 0.4) is 0 Å². The minimum Gasteiger partial charge on any atom is -0.606 e. The number of benzene rings is 5. The van der Waals surface area contributed by atoms with Crippen LogP contribution in [0.4, 0.5) is 0 Å². The van der Waals surface area contributed by atoms with E-state index in [0.717, 1.165) is 37.4 Å². The summed E-state index contributed by atoms with van der Waals surface area (Å²) >= 11 is -1.21. The van der Waals surface area contributed by atoms with Crippen molar-refractivity contribution in [2.24, 2.45) is 0 Å². The summed E-state index contributed by atoms with van der Waals surface area (Å²) in [5, 5.41) is 2.07. The normalized spacial score (nSPS) is 12.9. The second-order valence-electron chi connectivity index (χ2n) is 7.55. The van der Waals surface area contributed by atoms with Crippen LogP contribution in [0.2, 0.25) is 0 Å². The fraction of sp³-hybridized carbons (Fsp3) is 0. The third-order valence-electron chi connectivity index (χ3n) is 5.58. The van der Waals surface area contributed by atoms with Gasteiger partial charge < -0.3 is 14.0 Å². The average Bonchev–Trinajstić information content (AvgIpc) is 2.87. The topological polar surface area (TPSA) is 41.5 Å². The molecule has 1 aliphatic rings. The van der Waals surface area contributed by atoms with E-state index in [2.05, 4.69) is 6.07 Å². The van der Waals surface area contributed by atoms with E-state index in [-0.39, 0.29) is 0 Å². The second-order valence-corrected chi connectivity index (χ2v) is 9.03. The molecule has 5 aromatic carbocycles. The lowest BCUT2D eigenvalue weighted by Gasteiger charge is -2.23. The van der Waals surface area contributed by atoms with Crippen molar-refractivity contribution < 1.29 is 14.0 Å². The lowest BCUT2D eigenvalue weighted by atomic mass is 9.97. The third kappa shape index (κ3) is 3.21. The van der Waals surface area contributed by atoms with Crippen LogP contribution in [0.15, 0.2) is 119 Å². The first-order valence-electron chi connectivity index (χ1n) is 10.4. The Labute approximate surface area is 189 Å². The molecule has 0 aromatic heterocycles. The van der Waals surface area contributed by atoms with Crippen LogP contribution in [0, 0.1) is 0 Å². The summed E-state index contributed by atoms with van der Waals surface area (Å²) in [6.07, 6.45) is 0. The first kappa shape index (κ1) is 19.0. The molecule has 6 rings (SSSR count). The Hall–Kier alpha value is -3.73. The smallest absolute Gasteiger partial charge is 0.177 e. The molecule has 0 aliphatic carbocycles. The van der Waals surface area contributed by atoms with E-state index in [4.69, 9.17) is 9.47 Å². The van der Waals surface area contributed by atoms with Crippen molar-refractivity contribution in [2.75, 3.05) is 0 Å². The monoisotopic (exact) mass is 434 g/mol. The van der Waals surface area contributed by atoms with Gasteiger partial charge in [-0.15, -0.1) is 0 Å². The Morgan fingerprint density at radius 1 is 0.531 bits per heavy atom. The predicted molar refractivity (Wildman–Crippen MR) is 127 cm³/mol. The highest BCUT2D eigenvalue weighted by atomic mass is 32.2. The largest absolute Gasteiger partial charge is 0.606 e. The maximum atomic E-state index is 12.9. The van der Waals surface area contributed by atoms with Crippen LogP contribution >= 0.6 is 0 Å². The molecule has 0 amide bonds. The van der Waals surface area contributed by atoms with Crippen LogP contribution in [0.1, 0.15) is 0 Å². The van der Waals surface area contributed by atoms with Crippen molar-refractivity contribution in [3.05, 3.63) is 109 Å². The molecule has 0 N–H and O–H groups in total. The zero-order valence-corrected chi connectivity index (χ0v) is 17.8. The maximum Gasteiger partial charge on any atom is 0.177 e. The minimum atomic E-state index is -1.21. The number of para-hydroxylation sites is 2. The van der Waals surface area contributed by atoms with Crippen molar-refractivity contribution in [3.63, 3.8) is 0 Å². The molecule has 0 fully saturated rings. The average molecular weight is 435 g/mol. The van der Waals surface area contributed by atoms with Crippen molar-refractivity contribution in [1.82, 2.24) is 0 Å². The molecule has 3 nitrogen and oxygen atoms in total. The van der Waals surface area contributed by atoms with E-state index in [0.29, 0.717) is 17.2 Å². The van der Waals surface area contributed by atoms with Gasteiger partial charge in [-0.3, -0.25) is 0 Å². The quantitative estimate of drug-likeness (QED) is 0.270. The summed E-state index contributed by atoms with van der Waals surface area (Å²) in [5.74, 6) is 2.83. The lowest BCUT2D eigenvalue weighted by molar-refractivity contribution is 0.363. The fourth-order valence-electron chi connectivity index (χ4n) is 4.03. The Morgan fingerprint density at radius 3 is 1.88 bits per heavy atom. The van der Waals surface area contributed by atoms with Crippen molar-refractivity contribution in [3.8, 4) is 34.1 Å². The van der Waals surface area contributed by atoms with E-state index in [9.17, 15) is 4.55 Å². The number of fused-ring (bicyclic) bond motifs is 4. The summed E-state index contributed by atoms with van der Waals surface area (Å²) in [7, 11) is 0. The number of hydrogen-bond acceptors (Lipinski definition) is 3. The summed E-state index contributed by atoms with van der Waals surface area (Å²) in [6.45, 7) is 0. The molecule has 1 atom stereocenters. The van der Waals surface area contributed by atoms with Crippen LogP contribution in [-0.2, 0) is 11.2 Å². The molecule has 5 aromatic rings. The van der Waals surface area contributed by atoms with E-state index < -0.39 is 11.2 Å². The third-order valence-corrected chi connectivity index (χ3v) is 6.98. The molecule has 1 unspecified atom stereocenters. The van der Waals surface area contributed by atoms with E-state index in [1.165, 1.54) is 0 Å². The van der Waals surface area contributed by atoms with Gasteiger partial charge in [-0.25, -0.2) is 0 Å². The maximum absolute atomic E-state index is 12.9. The lowest BCUT2D eigenvalue weighted by Crippen LogP contribution is -2.02. The van der Waals surface area contributed by atoms with Gasteiger partial charge in [0.05, 0.1) is 0 Å². The first-order valence-corrected chi connectivity index (χ1v) is 11.5. The zero-order valence-electron chi connectivity index (χ0n) is 17.0. The van der Waals surface area contributed by atoms with Crippen molar-refractivity contribution in [1.29, 1.82) is 0 Å². The number of rotatable bonds is 3. The Kier molecular flexibility index (Phi) is 4.60. The summed E-state index contributed by atoms with van der Waals surface area (Å²) in [6, 6.07) is 35.3. The van der Waals surface area contributed by atoms with Crippen molar-refractivity contribution in [2.45, 2.75) is 9.79 Å². The van der Waals surface area contributed by atoms with Gasteiger partial charge in [-0.2, -0.15) is 0 Å². The zero-order chi connectivity index (χ0) is 21.5. The van der Waals surface area contributed by atoms with E-state index in [1.54, 1.807) is 0 Å². The summed E-state index contributed by atoms with van der Waals surface area (Å²) in [5.41, 5.74) is 2.07. The molecular weight excluding hydrogens is 416 g/mol. The van der Waals surface area contributed by atoms with Crippen LogP contribution in [0.25, 0.3) is 21.9 Å². The molecule has 0 radical (unpaired) electrons. The van der Waals surface area contributed by atoms with Gasteiger partial charge in [-0.1, -0.05) is 54.6 Å². The SMILES string of the molecule is [O-][S+](c1ccccc1)c1ccc(-c2cc3c(c4ccccc24)Oc2ccccc2O3)cc1. The highest BCUT2D eigenvalue weighted by Gasteiger charge is 2.23. The summed E-state index contributed by atoms with van der Waals surface area (Å²) < 4.78 is 25.3. The molecule has 0 bridgehead atoms. The van der Waals surface area contributed by atoms with Crippen LogP contribution in [-0.4, -0.2) is 4.55 Å². The Balaban J connectivity index is 1.44. The Morgan fingerprint density at radius 2 is 1.12 bits per heavy atom. The molecule has 32 heavy (non-hydrogen) atoms. The van der Waals surface area contributed by atoms with E-state index >= 15 is 0 Å². The van der Waals surface area contributed by atoms with Gasteiger partial charge in [0.15, 0.2) is 32.8 Å². The standard InChI is InChI=1S/C28H18O3S/c29-32(20-8-2-1-3-9-20)21-16-14-19(15-17-21)24-18-27-28(23-11-5-4-10-22(23)24)31-26-13-7-6-12-25(26)30-27/h1-18H. The first-order chi connectivity index (χ1) is 15.8. The Bertz CT molecular complexity index is 1430. The van der Waals surface area contributed by atoms with Gasteiger partial charge in [0.1, 0.15) is 0 Å². The van der Waals surface area contributed by atoms with Gasteiger partial charge in [0, 0.05) is 16.6 Å². The molecule has 1 aliphatic heterocycles. The molecule has 0 saturated carbocycles. The van der Waals surface area contributed by atoms with Crippen LogP contribution < -0.4 is 9.47 Å². The molecule has 0 spiro atoms.